The number of nitrogens with zero attached hydrogens (tertiary/aromatic N) is 3. The number of nitrogen functional groups attached to an aromatic ring is 1. The maximum Gasteiger partial charge on any atom is 0.145 e. The van der Waals surface area contributed by atoms with Crippen LogP contribution in [0.3, 0.4) is 0 Å². The molecule has 0 aliphatic heterocycles. The van der Waals surface area contributed by atoms with Crippen molar-refractivity contribution in [1.29, 1.82) is 5.26 Å². The van der Waals surface area contributed by atoms with E-state index in [9.17, 15) is 0 Å². The first-order valence-electron chi connectivity index (χ1n) is 7.67. The SMILES string of the molecule is N#Cc1cnc(CC23CC4CC(CC(C4)C2)C3)nc1N. The van der Waals surface area contributed by atoms with E-state index in [2.05, 4.69) is 9.97 Å². The molecule has 0 amide bonds. The van der Waals surface area contributed by atoms with Gasteiger partial charge in [0.2, 0.25) is 0 Å². The molecule has 104 valence electrons. The Morgan fingerprint density at radius 2 is 1.80 bits per heavy atom. The monoisotopic (exact) mass is 268 g/mol. The molecule has 0 radical (unpaired) electrons. The van der Waals surface area contributed by atoms with Crippen molar-refractivity contribution in [2.24, 2.45) is 23.2 Å². The Labute approximate surface area is 119 Å². The van der Waals surface area contributed by atoms with E-state index in [0.29, 0.717) is 16.8 Å². The molecule has 4 saturated carbocycles. The standard InChI is InChI=1S/C16H20N4/c17-8-13-9-19-14(20-15(13)18)7-16-4-10-1-11(5-16)3-12(2-10)6-16/h9-12H,1-7H2,(H2,18,19,20). The van der Waals surface area contributed by atoms with Gasteiger partial charge in [-0.15, -0.1) is 0 Å². The number of nitrogens with two attached hydrogens (primary N) is 1. The normalized spacial score (nSPS) is 37.9. The Morgan fingerprint density at radius 3 is 2.30 bits per heavy atom. The third-order valence-corrected chi connectivity index (χ3v) is 5.69. The van der Waals surface area contributed by atoms with Crippen molar-refractivity contribution >= 4 is 5.82 Å². The van der Waals surface area contributed by atoms with Crippen LogP contribution in [0.15, 0.2) is 6.20 Å². The van der Waals surface area contributed by atoms with E-state index in [1.807, 2.05) is 6.07 Å². The third kappa shape index (κ3) is 1.88. The molecule has 4 aliphatic rings. The van der Waals surface area contributed by atoms with Crippen LogP contribution in [0.2, 0.25) is 0 Å². The molecular weight excluding hydrogens is 248 g/mol. The predicted octanol–water partition coefficient (Wildman–Crippen LogP) is 2.69. The average Bonchev–Trinajstić information content (AvgIpc) is 2.36. The zero-order valence-electron chi connectivity index (χ0n) is 11.7. The summed E-state index contributed by atoms with van der Waals surface area (Å²) in [5.74, 6) is 4.00. The molecule has 0 saturated heterocycles. The molecule has 0 aromatic carbocycles. The minimum Gasteiger partial charge on any atom is -0.382 e. The van der Waals surface area contributed by atoms with Crippen molar-refractivity contribution < 1.29 is 0 Å². The third-order valence-electron chi connectivity index (χ3n) is 5.69. The minimum atomic E-state index is 0.335. The second-order valence-electron chi connectivity index (χ2n) is 7.29. The molecular formula is C16H20N4. The lowest BCUT2D eigenvalue weighted by molar-refractivity contribution is -0.0531. The predicted molar refractivity (Wildman–Crippen MR) is 75.5 cm³/mol. The summed E-state index contributed by atoms with van der Waals surface area (Å²) in [5.41, 5.74) is 6.64. The molecule has 5 rings (SSSR count). The lowest BCUT2D eigenvalue weighted by atomic mass is 9.49. The number of anilines is 1. The van der Waals surface area contributed by atoms with Crippen molar-refractivity contribution in [2.75, 3.05) is 5.73 Å². The lowest BCUT2D eigenvalue weighted by Crippen LogP contribution is -2.47. The zero-order valence-corrected chi connectivity index (χ0v) is 11.7. The van der Waals surface area contributed by atoms with Crippen LogP contribution in [0.1, 0.15) is 49.9 Å². The molecule has 4 bridgehead atoms. The van der Waals surface area contributed by atoms with Gasteiger partial charge in [0.05, 0.1) is 6.20 Å². The van der Waals surface area contributed by atoms with E-state index in [1.54, 1.807) is 6.20 Å². The summed E-state index contributed by atoms with van der Waals surface area (Å²) in [6, 6.07) is 2.03. The lowest BCUT2D eigenvalue weighted by Gasteiger charge is -2.56. The van der Waals surface area contributed by atoms with Gasteiger partial charge in [0.25, 0.3) is 0 Å². The maximum absolute atomic E-state index is 8.90. The highest BCUT2D eigenvalue weighted by atomic mass is 14.9. The Hall–Kier alpha value is -1.63. The van der Waals surface area contributed by atoms with Gasteiger partial charge in [0.15, 0.2) is 0 Å². The first kappa shape index (κ1) is 12.1. The number of rotatable bonds is 2. The highest BCUT2D eigenvalue weighted by molar-refractivity contribution is 5.46. The highest BCUT2D eigenvalue weighted by Crippen LogP contribution is 2.60. The van der Waals surface area contributed by atoms with Gasteiger partial charge in [-0.1, -0.05) is 0 Å². The van der Waals surface area contributed by atoms with Gasteiger partial charge >= 0.3 is 0 Å². The molecule has 2 N–H and O–H groups in total. The molecule has 1 aromatic heterocycles. The van der Waals surface area contributed by atoms with Gasteiger partial charge in [0, 0.05) is 6.42 Å². The van der Waals surface area contributed by atoms with Gasteiger partial charge < -0.3 is 5.73 Å². The van der Waals surface area contributed by atoms with E-state index in [0.717, 1.165) is 30.0 Å². The second-order valence-corrected chi connectivity index (χ2v) is 7.29. The summed E-state index contributed by atoms with van der Waals surface area (Å²) in [5, 5.41) is 8.90. The second kappa shape index (κ2) is 4.18. The summed E-state index contributed by atoms with van der Waals surface area (Å²) in [7, 11) is 0. The quantitative estimate of drug-likeness (QED) is 0.894. The van der Waals surface area contributed by atoms with Crippen molar-refractivity contribution in [2.45, 2.75) is 44.9 Å². The summed E-state index contributed by atoms with van der Waals surface area (Å²) >= 11 is 0. The molecule has 4 fully saturated rings. The summed E-state index contributed by atoms with van der Waals surface area (Å²) in [6.07, 6.45) is 10.9. The van der Waals surface area contributed by atoms with Gasteiger partial charge in [-0.05, 0) is 61.7 Å². The van der Waals surface area contributed by atoms with Crippen LogP contribution >= 0.6 is 0 Å². The van der Waals surface area contributed by atoms with E-state index in [-0.39, 0.29) is 0 Å². The maximum atomic E-state index is 8.90. The summed E-state index contributed by atoms with van der Waals surface area (Å²) in [6.45, 7) is 0. The Morgan fingerprint density at radius 1 is 1.20 bits per heavy atom. The zero-order chi connectivity index (χ0) is 13.7. The Kier molecular flexibility index (Phi) is 2.54. The Balaban J connectivity index is 1.60. The fourth-order valence-electron chi connectivity index (χ4n) is 5.45. The van der Waals surface area contributed by atoms with Gasteiger partial charge in [-0.3, -0.25) is 0 Å². The number of hydrogen-bond acceptors (Lipinski definition) is 4. The molecule has 0 unspecified atom stereocenters. The van der Waals surface area contributed by atoms with Crippen molar-refractivity contribution in [3.63, 3.8) is 0 Å². The van der Waals surface area contributed by atoms with Crippen LogP contribution in [0, 0.1) is 34.5 Å². The molecule has 20 heavy (non-hydrogen) atoms. The Bertz CT molecular complexity index is 551. The molecule has 4 heteroatoms. The van der Waals surface area contributed by atoms with E-state index < -0.39 is 0 Å². The van der Waals surface area contributed by atoms with Crippen LogP contribution in [0.25, 0.3) is 0 Å². The van der Waals surface area contributed by atoms with Crippen LogP contribution in [-0.2, 0) is 6.42 Å². The average molecular weight is 268 g/mol. The van der Waals surface area contributed by atoms with E-state index in [1.165, 1.54) is 38.5 Å². The summed E-state index contributed by atoms with van der Waals surface area (Å²) in [4.78, 5) is 8.74. The molecule has 4 aliphatic carbocycles. The fourth-order valence-corrected chi connectivity index (χ4v) is 5.45. The number of hydrogen-bond donors (Lipinski definition) is 1. The molecule has 1 heterocycles. The highest BCUT2D eigenvalue weighted by Gasteiger charge is 2.50. The first-order valence-corrected chi connectivity index (χ1v) is 7.67. The van der Waals surface area contributed by atoms with Crippen molar-refractivity contribution in [1.82, 2.24) is 9.97 Å². The number of nitriles is 1. The van der Waals surface area contributed by atoms with Gasteiger partial charge in [-0.25, -0.2) is 9.97 Å². The van der Waals surface area contributed by atoms with E-state index >= 15 is 0 Å². The van der Waals surface area contributed by atoms with Crippen LogP contribution in [-0.4, -0.2) is 9.97 Å². The fraction of sp³-hybridized carbons (Fsp3) is 0.688. The molecule has 1 aromatic rings. The van der Waals surface area contributed by atoms with Crippen molar-refractivity contribution in [3.8, 4) is 6.07 Å². The van der Waals surface area contributed by atoms with E-state index in [4.69, 9.17) is 11.0 Å². The topological polar surface area (TPSA) is 75.6 Å². The first-order chi connectivity index (χ1) is 9.66. The van der Waals surface area contributed by atoms with Crippen LogP contribution < -0.4 is 5.73 Å². The summed E-state index contributed by atoms with van der Waals surface area (Å²) < 4.78 is 0. The van der Waals surface area contributed by atoms with Gasteiger partial charge in [0.1, 0.15) is 23.3 Å². The molecule has 0 atom stereocenters. The largest absolute Gasteiger partial charge is 0.382 e. The van der Waals surface area contributed by atoms with Crippen molar-refractivity contribution in [3.05, 3.63) is 17.6 Å². The van der Waals surface area contributed by atoms with Crippen LogP contribution in [0.4, 0.5) is 5.82 Å². The van der Waals surface area contributed by atoms with Gasteiger partial charge in [-0.2, -0.15) is 5.26 Å². The number of aromatic nitrogens is 2. The molecule has 4 nitrogen and oxygen atoms in total. The molecule has 0 spiro atoms. The van der Waals surface area contributed by atoms with Crippen LogP contribution in [0.5, 0.6) is 0 Å². The smallest absolute Gasteiger partial charge is 0.145 e. The minimum absolute atomic E-state index is 0.335.